The van der Waals surface area contributed by atoms with Gasteiger partial charge in [0.2, 0.25) is 0 Å². The second kappa shape index (κ2) is 5.76. The molecule has 0 amide bonds. The normalized spacial score (nSPS) is 13.5. The molecule has 7 heteroatoms. The molecule has 0 saturated heterocycles. The van der Waals surface area contributed by atoms with Gasteiger partial charge in [0.1, 0.15) is 0 Å². The van der Waals surface area contributed by atoms with Gasteiger partial charge in [-0.25, -0.2) is 0 Å². The zero-order valence-corrected chi connectivity index (χ0v) is 12.8. The highest BCUT2D eigenvalue weighted by Crippen LogP contribution is 2.36. The fourth-order valence-electron chi connectivity index (χ4n) is 1.87. The number of hydrogen-bond donors (Lipinski definition) is 1. The van der Waals surface area contributed by atoms with Gasteiger partial charge < -0.3 is 5.32 Å². The van der Waals surface area contributed by atoms with Gasteiger partial charge in [0.15, 0.2) is 0 Å². The van der Waals surface area contributed by atoms with Gasteiger partial charge in [-0.1, -0.05) is 0 Å². The maximum absolute atomic E-state index is 13.0. The highest BCUT2D eigenvalue weighted by Gasteiger charge is 2.35. The Labute approximate surface area is 126 Å². The van der Waals surface area contributed by atoms with E-state index in [0.29, 0.717) is 0 Å². The quantitative estimate of drug-likeness (QED) is 0.789. The van der Waals surface area contributed by atoms with Crippen LogP contribution in [-0.2, 0) is 6.18 Å². The van der Waals surface area contributed by atoms with Gasteiger partial charge >= 0.3 is 6.18 Å². The van der Waals surface area contributed by atoms with Gasteiger partial charge in [-0.2, -0.15) is 13.2 Å². The molecule has 2 nitrogen and oxygen atoms in total. The van der Waals surface area contributed by atoms with E-state index in [1.807, 2.05) is 11.4 Å². The van der Waals surface area contributed by atoms with Gasteiger partial charge in [-0.05, 0) is 52.7 Å². The summed E-state index contributed by atoms with van der Waals surface area (Å²) < 4.78 is 40.1. The first-order valence-corrected chi connectivity index (χ1v) is 7.31. The molecule has 0 bridgehead atoms. The summed E-state index contributed by atoms with van der Waals surface area (Å²) in [5, 5.41) is 4.78. The summed E-state index contributed by atoms with van der Waals surface area (Å²) in [4.78, 5) is 3.82. The van der Waals surface area contributed by atoms with Crippen LogP contribution in [0.4, 0.5) is 13.2 Å². The van der Waals surface area contributed by atoms with Crippen LogP contribution < -0.4 is 5.32 Å². The molecule has 0 aliphatic carbocycles. The molecule has 0 spiro atoms. The minimum Gasteiger partial charge on any atom is -0.309 e. The highest BCUT2D eigenvalue weighted by atomic mass is 127. The Kier molecular flexibility index (Phi) is 4.46. The van der Waals surface area contributed by atoms with Crippen molar-refractivity contribution in [3.8, 4) is 0 Å². The zero-order chi connectivity index (χ0) is 14.0. The van der Waals surface area contributed by atoms with Crippen molar-refractivity contribution in [1.82, 2.24) is 10.3 Å². The summed E-state index contributed by atoms with van der Waals surface area (Å²) in [6.07, 6.45) is -1.94. The summed E-state index contributed by atoms with van der Waals surface area (Å²) in [6.45, 7) is 0. The van der Waals surface area contributed by atoms with E-state index in [2.05, 4.69) is 32.9 Å². The molecular weight excluding hydrogens is 388 g/mol. The first-order chi connectivity index (χ1) is 8.93. The van der Waals surface area contributed by atoms with E-state index >= 15 is 0 Å². The maximum Gasteiger partial charge on any atom is 0.416 e. The lowest BCUT2D eigenvalue weighted by molar-refractivity contribution is -0.138. The summed E-state index contributed by atoms with van der Waals surface area (Å²) in [5.41, 5.74) is 0.310. The lowest BCUT2D eigenvalue weighted by atomic mass is 9.98. The average Bonchev–Trinajstić information content (AvgIpc) is 2.76. The fraction of sp³-hybridized carbons (Fsp3) is 0.250. The second-order valence-corrected chi connectivity index (χ2v) is 6.67. The molecule has 19 heavy (non-hydrogen) atoms. The minimum absolute atomic E-state index is 0.145. The Hall–Kier alpha value is -0.670. The van der Waals surface area contributed by atoms with Crippen LogP contribution in [-0.4, -0.2) is 12.0 Å². The van der Waals surface area contributed by atoms with Crippen molar-refractivity contribution >= 4 is 33.9 Å². The molecule has 2 rings (SSSR count). The van der Waals surface area contributed by atoms with Crippen LogP contribution in [0.2, 0.25) is 0 Å². The van der Waals surface area contributed by atoms with Gasteiger partial charge in [-0.15, -0.1) is 11.3 Å². The summed E-state index contributed by atoms with van der Waals surface area (Å²) in [6, 6.07) is 2.38. The summed E-state index contributed by atoms with van der Waals surface area (Å²) >= 11 is 3.65. The molecule has 0 aliphatic rings. The van der Waals surface area contributed by atoms with Crippen molar-refractivity contribution in [2.75, 3.05) is 7.05 Å². The predicted molar refractivity (Wildman–Crippen MR) is 77.2 cm³/mol. The Balaban J connectivity index is 2.50. The predicted octanol–water partition coefficient (Wildman–Crippen LogP) is 4.08. The average molecular weight is 398 g/mol. The third-order valence-corrected chi connectivity index (χ3v) is 4.49. The topological polar surface area (TPSA) is 24.9 Å². The van der Waals surface area contributed by atoms with Gasteiger partial charge in [0.05, 0.1) is 14.5 Å². The molecule has 1 atom stereocenters. The molecule has 102 valence electrons. The van der Waals surface area contributed by atoms with Crippen LogP contribution in [0.1, 0.15) is 22.7 Å². The van der Waals surface area contributed by atoms with Crippen molar-refractivity contribution in [2.24, 2.45) is 0 Å². The number of aromatic nitrogens is 1. The molecule has 0 saturated carbocycles. The third-order valence-electron chi connectivity index (χ3n) is 2.68. The number of alkyl halides is 3. The first kappa shape index (κ1) is 14.7. The van der Waals surface area contributed by atoms with Crippen LogP contribution in [0.3, 0.4) is 0 Å². The van der Waals surface area contributed by atoms with E-state index < -0.39 is 17.8 Å². The van der Waals surface area contributed by atoms with Crippen LogP contribution >= 0.6 is 33.9 Å². The highest BCUT2D eigenvalue weighted by molar-refractivity contribution is 14.1. The van der Waals surface area contributed by atoms with Crippen molar-refractivity contribution in [3.05, 3.63) is 49.5 Å². The smallest absolute Gasteiger partial charge is 0.309 e. The van der Waals surface area contributed by atoms with Crippen molar-refractivity contribution in [2.45, 2.75) is 12.2 Å². The maximum atomic E-state index is 13.0. The van der Waals surface area contributed by atoms with Crippen LogP contribution in [0.25, 0.3) is 0 Å². The van der Waals surface area contributed by atoms with E-state index in [4.69, 9.17) is 0 Å². The number of thiophene rings is 1. The SMILES string of the molecule is CNC(c1csc(I)c1)c1cnccc1C(F)(F)F. The molecule has 0 fully saturated rings. The van der Waals surface area contributed by atoms with E-state index in [9.17, 15) is 13.2 Å². The molecule has 0 aliphatic heterocycles. The zero-order valence-electron chi connectivity index (χ0n) is 9.83. The molecule has 1 N–H and O–H groups in total. The van der Waals surface area contributed by atoms with Crippen LogP contribution in [0, 0.1) is 2.88 Å². The minimum atomic E-state index is -4.38. The Morgan fingerprint density at radius 2 is 2.16 bits per heavy atom. The van der Waals surface area contributed by atoms with Gasteiger partial charge in [0.25, 0.3) is 0 Å². The third kappa shape index (κ3) is 3.26. The van der Waals surface area contributed by atoms with Gasteiger partial charge in [-0.3, -0.25) is 4.98 Å². The molecule has 0 radical (unpaired) electrons. The molecular formula is C12H10F3IN2S. The number of hydrogen-bond acceptors (Lipinski definition) is 3. The van der Waals surface area contributed by atoms with Crippen molar-refractivity contribution < 1.29 is 13.2 Å². The van der Waals surface area contributed by atoms with Crippen LogP contribution in [0.15, 0.2) is 29.9 Å². The number of halogens is 4. The Bertz CT molecular complexity index is 568. The van der Waals surface area contributed by atoms with E-state index in [0.717, 1.165) is 20.7 Å². The van der Waals surface area contributed by atoms with E-state index in [-0.39, 0.29) is 5.56 Å². The van der Waals surface area contributed by atoms with Crippen LogP contribution in [0.5, 0.6) is 0 Å². The van der Waals surface area contributed by atoms with Crippen molar-refractivity contribution in [3.63, 3.8) is 0 Å². The monoisotopic (exact) mass is 398 g/mol. The largest absolute Gasteiger partial charge is 0.416 e. The number of nitrogens with zero attached hydrogens (tertiary/aromatic N) is 1. The van der Waals surface area contributed by atoms with E-state index in [1.54, 1.807) is 7.05 Å². The molecule has 2 heterocycles. The lowest BCUT2D eigenvalue weighted by Gasteiger charge is -2.20. The number of nitrogens with one attached hydrogen (secondary N) is 1. The fourth-order valence-corrected chi connectivity index (χ4v) is 3.27. The first-order valence-electron chi connectivity index (χ1n) is 5.35. The number of rotatable bonds is 3. The number of pyridine rings is 1. The Morgan fingerprint density at radius 1 is 1.42 bits per heavy atom. The Morgan fingerprint density at radius 3 is 2.68 bits per heavy atom. The molecule has 1 unspecified atom stereocenters. The van der Waals surface area contributed by atoms with Crippen molar-refractivity contribution in [1.29, 1.82) is 0 Å². The van der Waals surface area contributed by atoms with E-state index in [1.165, 1.54) is 17.5 Å². The lowest BCUT2D eigenvalue weighted by Crippen LogP contribution is -2.21. The molecule has 2 aromatic rings. The second-order valence-electron chi connectivity index (χ2n) is 3.87. The standard InChI is InChI=1S/C12H10F3IN2S/c1-17-11(7-4-10(16)19-6-7)8-5-18-3-2-9(8)12(13,14)15/h2-6,11,17H,1H3. The molecule has 2 aromatic heterocycles. The summed E-state index contributed by atoms with van der Waals surface area (Å²) in [7, 11) is 1.64. The summed E-state index contributed by atoms with van der Waals surface area (Å²) in [5.74, 6) is 0. The molecule has 0 aromatic carbocycles. The van der Waals surface area contributed by atoms with Gasteiger partial charge in [0, 0.05) is 18.0 Å².